The zero-order valence-electron chi connectivity index (χ0n) is 11.2. The number of carbonyl (C=O) groups excluding carboxylic acids is 2. The smallest absolute Gasteiger partial charge is 0.321 e. The van der Waals surface area contributed by atoms with Crippen LogP contribution in [0.25, 0.3) is 0 Å². The molecule has 0 radical (unpaired) electrons. The third kappa shape index (κ3) is 3.25. The maximum absolute atomic E-state index is 13.9. The standard InChI is InChI=1S/C14H9ClF2N2O3/c1-22-13(21)11(8-3-2-7(16)6-9(8)17)12(20)10-4-5-18-14(15)19-10/h2-6,11H,1H3. The molecular formula is C14H9ClF2N2O3. The first-order valence-electron chi connectivity index (χ1n) is 5.99. The molecule has 1 atom stereocenters. The van der Waals surface area contributed by atoms with E-state index in [-0.39, 0.29) is 16.5 Å². The summed E-state index contributed by atoms with van der Waals surface area (Å²) in [4.78, 5) is 31.6. The Hall–Kier alpha value is -2.41. The second-order valence-corrected chi connectivity index (χ2v) is 4.54. The second kappa shape index (κ2) is 6.57. The molecule has 0 saturated heterocycles. The van der Waals surface area contributed by atoms with Crippen molar-refractivity contribution in [3.05, 3.63) is 58.6 Å². The van der Waals surface area contributed by atoms with Crippen molar-refractivity contribution >= 4 is 23.4 Å². The first-order valence-corrected chi connectivity index (χ1v) is 6.37. The Morgan fingerprint density at radius 1 is 1.27 bits per heavy atom. The maximum Gasteiger partial charge on any atom is 0.321 e. The molecule has 0 bridgehead atoms. The van der Waals surface area contributed by atoms with Gasteiger partial charge in [-0.3, -0.25) is 9.59 Å². The number of ketones is 1. The molecule has 1 unspecified atom stereocenters. The van der Waals surface area contributed by atoms with E-state index in [1.54, 1.807) is 0 Å². The molecule has 0 N–H and O–H groups in total. The molecule has 1 aromatic carbocycles. The van der Waals surface area contributed by atoms with E-state index in [1.165, 1.54) is 12.3 Å². The number of halogens is 3. The van der Waals surface area contributed by atoms with Gasteiger partial charge >= 0.3 is 5.97 Å². The van der Waals surface area contributed by atoms with Crippen LogP contribution in [0.3, 0.4) is 0 Å². The first kappa shape index (κ1) is 16.0. The van der Waals surface area contributed by atoms with Crippen LogP contribution in [-0.2, 0) is 9.53 Å². The number of nitrogens with zero attached hydrogens (tertiary/aromatic N) is 2. The number of ether oxygens (including phenoxy) is 1. The molecule has 0 saturated carbocycles. The maximum atomic E-state index is 13.9. The molecule has 1 heterocycles. The number of benzene rings is 1. The molecule has 2 aromatic rings. The van der Waals surface area contributed by atoms with Gasteiger partial charge in [-0.1, -0.05) is 6.07 Å². The summed E-state index contributed by atoms with van der Waals surface area (Å²) < 4.78 is 31.4. The monoisotopic (exact) mass is 326 g/mol. The number of methoxy groups -OCH3 is 1. The molecule has 8 heteroatoms. The summed E-state index contributed by atoms with van der Waals surface area (Å²) >= 11 is 5.59. The lowest BCUT2D eigenvalue weighted by molar-refractivity contribution is -0.141. The van der Waals surface area contributed by atoms with Crippen LogP contribution in [0.2, 0.25) is 5.28 Å². The highest BCUT2D eigenvalue weighted by Crippen LogP contribution is 2.25. The normalized spacial score (nSPS) is 11.8. The Morgan fingerprint density at radius 3 is 2.59 bits per heavy atom. The van der Waals surface area contributed by atoms with Gasteiger partial charge in [0.2, 0.25) is 5.28 Å². The number of rotatable bonds is 4. The van der Waals surface area contributed by atoms with Crippen LogP contribution in [-0.4, -0.2) is 28.8 Å². The molecule has 0 aliphatic rings. The lowest BCUT2D eigenvalue weighted by Gasteiger charge is -2.14. The third-order valence-electron chi connectivity index (χ3n) is 2.85. The number of hydrogen-bond acceptors (Lipinski definition) is 5. The summed E-state index contributed by atoms with van der Waals surface area (Å²) in [6.07, 6.45) is 1.22. The number of aromatic nitrogens is 2. The highest BCUT2D eigenvalue weighted by Gasteiger charge is 2.33. The minimum absolute atomic E-state index is 0.181. The molecule has 1 aromatic heterocycles. The zero-order valence-corrected chi connectivity index (χ0v) is 12.0. The summed E-state index contributed by atoms with van der Waals surface area (Å²) in [6.45, 7) is 0. The van der Waals surface area contributed by atoms with Crippen molar-refractivity contribution in [2.45, 2.75) is 5.92 Å². The van der Waals surface area contributed by atoms with E-state index in [4.69, 9.17) is 11.6 Å². The summed E-state index contributed by atoms with van der Waals surface area (Å²) in [5.41, 5.74) is -0.493. The van der Waals surface area contributed by atoms with E-state index in [1.807, 2.05) is 0 Å². The number of Topliss-reactive ketones (excluding diaryl/α,β-unsaturated/α-hetero) is 1. The van der Waals surface area contributed by atoms with Crippen molar-refractivity contribution < 1.29 is 23.1 Å². The average Bonchev–Trinajstić information content (AvgIpc) is 2.49. The fourth-order valence-electron chi connectivity index (χ4n) is 1.85. The summed E-state index contributed by atoms with van der Waals surface area (Å²) in [5, 5.41) is -0.200. The fourth-order valence-corrected chi connectivity index (χ4v) is 2.00. The van der Waals surface area contributed by atoms with E-state index in [0.29, 0.717) is 6.07 Å². The molecule has 0 amide bonds. The number of hydrogen-bond donors (Lipinski definition) is 0. The topological polar surface area (TPSA) is 69.2 Å². The first-order chi connectivity index (χ1) is 10.4. The summed E-state index contributed by atoms with van der Waals surface area (Å²) in [6, 6.07) is 3.75. The lowest BCUT2D eigenvalue weighted by atomic mass is 9.92. The van der Waals surface area contributed by atoms with Crippen molar-refractivity contribution in [1.82, 2.24) is 9.97 Å². The predicted octanol–water partition coefficient (Wildman–Crippen LogP) is 2.55. The molecule has 114 valence electrons. The second-order valence-electron chi connectivity index (χ2n) is 4.20. The van der Waals surface area contributed by atoms with Crippen LogP contribution in [0.1, 0.15) is 22.0 Å². The van der Waals surface area contributed by atoms with Crippen molar-refractivity contribution in [2.75, 3.05) is 7.11 Å². The van der Waals surface area contributed by atoms with Gasteiger partial charge in [0.05, 0.1) is 7.11 Å². The van der Waals surface area contributed by atoms with Gasteiger partial charge in [-0.05, 0) is 23.7 Å². The Morgan fingerprint density at radius 2 is 2.00 bits per heavy atom. The highest BCUT2D eigenvalue weighted by molar-refractivity contribution is 6.28. The minimum Gasteiger partial charge on any atom is -0.468 e. The average molecular weight is 327 g/mol. The van der Waals surface area contributed by atoms with Gasteiger partial charge in [0.15, 0.2) is 5.78 Å². The van der Waals surface area contributed by atoms with Gasteiger partial charge in [0.1, 0.15) is 23.2 Å². The van der Waals surface area contributed by atoms with Gasteiger partial charge in [0.25, 0.3) is 0 Å². The van der Waals surface area contributed by atoms with E-state index in [9.17, 15) is 18.4 Å². The van der Waals surface area contributed by atoms with Gasteiger partial charge in [-0.2, -0.15) is 0 Å². The van der Waals surface area contributed by atoms with E-state index >= 15 is 0 Å². The molecule has 2 rings (SSSR count). The van der Waals surface area contributed by atoms with Crippen molar-refractivity contribution in [2.24, 2.45) is 0 Å². The van der Waals surface area contributed by atoms with Gasteiger partial charge < -0.3 is 4.74 Å². The van der Waals surface area contributed by atoms with E-state index < -0.39 is 29.3 Å². The molecule has 5 nitrogen and oxygen atoms in total. The third-order valence-corrected chi connectivity index (χ3v) is 3.03. The van der Waals surface area contributed by atoms with Gasteiger partial charge in [-0.25, -0.2) is 18.7 Å². The molecule has 0 aliphatic heterocycles. The Kier molecular flexibility index (Phi) is 4.77. The van der Waals surface area contributed by atoms with Crippen LogP contribution < -0.4 is 0 Å². The molecule has 0 spiro atoms. The Bertz CT molecular complexity index is 740. The van der Waals surface area contributed by atoms with Crippen LogP contribution >= 0.6 is 11.6 Å². The van der Waals surface area contributed by atoms with Gasteiger partial charge in [0, 0.05) is 17.8 Å². The molecule has 22 heavy (non-hydrogen) atoms. The van der Waals surface area contributed by atoms with Crippen LogP contribution in [0.4, 0.5) is 8.78 Å². The van der Waals surface area contributed by atoms with Crippen molar-refractivity contribution in [1.29, 1.82) is 0 Å². The van der Waals surface area contributed by atoms with Crippen molar-refractivity contribution in [3.63, 3.8) is 0 Å². The quantitative estimate of drug-likeness (QED) is 0.374. The fraction of sp³-hybridized carbons (Fsp3) is 0.143. The molecule has 0 aliphatic carbocycles. The van der Waals surface area contributed by atoms with Gasteiger partial charge in [-0.15, -0.1) is 0 Å². The van der Waals surface area contributed by atoms with Crippen LogP contribution in [0.15, 0.2) is 30.5 Å². The largest absolute Gasteiger partial charge is 0.468 e. The Balaban J connectivity index is 2.51. The molecular weight excluding hydrogens is 318 g/mol. The number of esters is 1. The SMILES string of the molecule is COC(=O)C(C(=O)c1ccnc(Cl)n1)c1ccc(F)cc1F. The van der Waals surface area contributed by atoms with Crippen LogP contribution in [0.5, 0.6) is 0 Å². The van der Waals surface area contributed by atoms with E-state index in [0.717, 1.165) is 19.2 Å². The summed E-state index contributed by atoms with van der Waals surface area (Å²) in [5.74, 6) is -5.31. The number of carbonyl (C=O) groups is 2. The highest BCUT2D eigenvalue weighted by atomic mass is 35.5. The van der Waals surface area contributed by atoms with E-state index in [2.05, 4.69) is 14.7 Å². The molecule has 0 fully saturated rings. The van der Waals surface area contributed by atoms with Crippen molar-refractivity contribution in [3.8, 4) is 0 Å². The lowest BCUT2D eigenvalue weighted by Crippen LogP contribution is -2.25. The Labute approximate surface area is 128 Å². The minimum atomic E-state index is -1.61. The summed E-state index contributed by atoms with van der Waals surface area (Å²) in [7, 11) is 1.05. The zero-order chi connectivity index (χ0) is 16.3. The predicted molar refractivity (Wildman–Crippen MR) is 72.5 cm³/mol. The van der Waals surface area contributed by atoms with Crippen LogP contribution in [0, 0.1) is 11.6 Å².